The van der Waals surface area contributed by atoms with Crippen LogP contribution in [0.1, 0.15) is 39.1 Å². The molecular weight excluding hydrogens is 313 g/mol. The smallest absolute Gasteiger partial charge is 0.338 e. The maximum absolute atomic E-state index is 12.8. The Labute approximate surface area is 137 Å². The standard InChI is InChI=1S/C18H14FNO4/c1-10-14-8-12(4-7-15(14)20-17(10)22)16(21)9-24-18(23)11-2-5-13(19)6-3-11/h2-8,10H,9H2,1H3,(H,20,22)/t10-/m1/s1. The Morgan fingerprint density at radius 3 is 2.50 bits per heavy atom. The first-order valence-electron chi connectivity index (χ1n) is 7.36. The average Bonchev–Trinajstić information content (AvgIpc) is 2.87. The van der Waals surface area contributed by atoms with Gasteiger partial charge in [0, 0.05) is 11.3 Å². The first-order valence-corrected chi connectivity index (χ1v) is 7.36. The molecule has 24 heavy (non-hydrogen) atoms. The molecule has 0 radical (unpaired) electrons. The summed E-state index contributed by atoms with van der Waals surface area (Å²) in [6.45, 7) is 1.33. The molecule has 1 N–H and O–H groups in total. The number of hydrogen-bond acceptors (Lipinski definition) is 4. The molecule has 0 aliphatic carbocycles. The van der Waals surface area contributed by atoms with Crippen molar-refractivity contribution in [2.75, 3.05) is 11.9 Å². The third-order valence-corrected chi connectivity index (χ3v) is 3.91. The molecule has 5 nitrogen and oxygen atoms in total. The Kier molecular flexibility index (Phi) is 4.12. The lowest BCUT2D eigenvalue weighted by Gasteiger charge is -2.07. The molecule has 1 amide bonds. The first kappa shape index (κ1) is 15.9. The minimum Gasteiger partial charge on any atom is -0.454 e. The zero-order chi connectivity index (χ0) is 17.3. The summed E-state index contributed by atoms with van der Waals surface area (Å²) < 4.78 is 17.8. The third kappa shape index (κ3) is 3.03. The highest BCUT2D eigenvalue weighted by atomic mass is 19.1. The third-order valence-electron chi connectivity index (χ3n) is 3.91. The van der Waals surface area contributed by atoms with Crippen LogP contribution in [0.4, 0.5) is 10.1 Å². The van der Waals surface area contributed by atoms with Crippen LogP contribution in [0.3, 0.4) is 0 Å². The van der Waals surface area contributed by atoms with Crippen LogP contribution in [-0.2, 0) is 9.53 Å². The van der Waals surface area contributed by atoms with Gasteiger partial charge >= 0.3 is 5.97 Å². The van der Waals surface area contributed by atoms with E-state index in [2.05, 4.69) is 5.32 Å². The second-order valence-corrected chi connectivity index (χ2v) is 5.52. The molecule has 122 valence electrons. The number of carbonyl (C=O) groups is 3. The maximum atomic E-state index is 12.8. The topological polar surface area (TPSA) is 72.5 Å². The molecule has 0 saturated heterocycles. The van der Waals surface area contributed by atoms with E-state index in [0.717, 1.165) is 17.7 Å². The summed E-state index contributed by atoms with van der Waals surface area (Å²) in [5.74, 6) is -1.97. The molecule has 0 aromatic heterocycles. The molecule has 6 heteroatoms. The van der Waals surface area contributed by atoms with Gasteiger partial charge in [-0.2, -0.15) is 0 Å². The van der Waals surface area contributed by atoms with Gasteiger partial charge in [-0.3, -0.25) is 9.59 Å². The van der Waals surface area contributed by atoms with Gasteiger partial charge in [0.2, 0.25) is 5.91 Å². The van der Waals surface area contributed by atoms with E-state index in [0.29, 0.717) is 11.3 Å². The van der Waals surface area contributed by atoms with Crippen molar-refractivity contribution in [1.82, 2.24) is 0 Å². The Balaban J connectivity index is 1.67. The molecule has 0 saturated carbocycles. The van der Waals surface area contributed by atoms with Crippen molar-refractivity contribution >= 4 is 23.3 Å². The van der Waals surface area contributed by atoms with Crippen LogP contribution in [0.25, 0.3) is 0 Å². The number of anilines is 1. The van der Waals surface area contributed by atoms with Gasteiger partial charge in [-0.05, 0) is 55.0 Å². The van der Waals surface area contributed by atoms with E-state index >= 15 is 0 Å². The Morgan fingerprint density at radius 2 is 1.79 bits per heavy atom. The number of fused-ring (bicyclic) bond motifs is 1. The highest BCUT2D eigenvalue weighted by Gasteiger charge is 2.27. The number of halogens is 1. The Bertz CT molecular complexity index is 829. The molecule has 3 rings (SSSR count). The molecular formula is C18H14FNO4. The molecule has 1 aliphatic rings. The van der Waals surface area contributed by atoms with Crippen LogP contribution in [0.5, 0.6) is 0 Å². The zero-order valence-electron chi connectivity index (χ0n) is 12.8. The van der Waals surface area contributed by atoms with Crippen LogP contribution >= 0.6 is 0 Å². The molecule has 2 aromatic rings. The summed E-state index contributed by atoms with van der Waals surface area (Å²) in [4.78, 5) is 35.6. The number of ether oxygens (including phenoxy) is 1. The Morgan fingerprint density at radius 1 is 1.12 bits per heavy atom. The highest BCUT2D eigenvalue weighted by Crippen LogP contribution is 2.32. The van der Waals surface area contributed by atoms with Gasteiger partial charge in [-0.15, -0.1) is 0 Å². The molecule has 0 bridgehead atoms. The van der Waals surface area contributed by atoms with Gasteiger partial charge in [-0.1, -0.05) is 0 Å². The van der Waals surface area contributed by atoms with E-state index in [1.165, 1.54) is 12.1 Å². The predicted octanol–water partition coefficient (Wildman–Crippen LogP) is 2.92. The van der Waals surface area contributed by atoms with E-state index < -0.39 is 18.4 Å². The summed E-state index contributed by atoms with van der Waals surface area (Å²) in [7, 11) is 0. The van der Waals surface area contributed by atoms with Crippen molar-refractivity contribution in [1.29, 1.82) is 0 Å². The van der Waals surface area contributed by atoms with Crippen molar-refractivity contribution in [3.8, 4) is 0 Å². The van der Waals surface area contributed by atoms with Crippen molar-refractivity contribution < 1.29 is 23.5 Å². The van der Waals surface area contributed by atoms with Crippen molar-refractivity contribution in [2.24, 2.45) is 0 Å². The molecule has 0 spiro atoms. The lowest BCUT2D eigenvalue weighted by molar-refractivity contribution is -0.116. The molecule has 0 fully saturated rings. The van der Waals surface area contributed by atoms with Crippen LogP contribution in [0.15, 0.2) is 42.5 Å². The number of carbonyl (C=O) groups excluding carboxylic acids is 3. The summed E-state index contributed by atoms with van der Waals surface area (Å²) in [5, 5.41) is 2.72. The van der Waals surface area contributed by atoms with E-state index in [1.54, 1.807) is 25.1 Å². The summed E-state index contributed by atoms with van der Waals surface area (Å²) in [5.41, 5.74) is 1.97. The minimum atomic E-state index is -0.699. The van der Waals surface area contributed by atoms with Gasteiger partial charge < -0.3 is 10.1 Å². The van der Waals surface area contributed by atoms with Gasteiger partial charge in [-0.25, -0.2) is 9.18 Å². The minimum absolute atomic E-state index is 0.114. The summed E-state index contributed by atoms with van der Waals surface area (Å²) in [6, 6.07) is 9.73. The Hall–Kier alpha value is -3.02. The van der Waals surface area contributed by atoms with Crippen LogP contribution in [-0.4, -0.2) is 24.3 Å². The van der Waals surface area contributed by atoms with E-state index in [-0.39, 0.29) is 23.2 Å². The summed E-state index contributed by atoms with van der Waals surface area (Å²) in [6.07, 6.45) is 0. The lowest BCUT2D eigenvalue weighted by atomic mass is 9.99. The SMILES string of the molecule is C[C@H]1C(=O)Nc2ccc(C(=O)COC(=O)c3ccc(F)cc3)cc21. The molecule has 1 atom stereocenters. The number of ketones is 1. The van der Waals surface area contributed by atoms with Crippen molar-refractivity contribution in [3.63, 3.8) is 0 Å². The lowest BCUT2D eigenvalue weighted by Crippen LogP contribution is -2.14. The number of amides is 1. The number of benzene rings is 2. The molecule has 2 aromatic carbocycles. The van der Waals surface area contributed by atoms with Gasteiger partial charge in [0.15, 0.2) is 12.4 Å². The molecule has 1 heterocycles. The fraction of sp³-hybridized carbons (Fsp3) is 0.167. The fourth-order valence-corrected chi connectivity index (χ4v) is 2.47. The molecule has 0 unspecified atom stereocenters. The van der Waals surface area contributed by atoms with E-state index in [4.69, 9.17) is 4.74 Å². The second kappa shape index (κ2) is 6.23. The fourth-order valence-electron chi connectivity index (χ4n) is 2.47. The molecule has 1 aliphatic heterocycles. The summed E-state index contributed by atoms with van der Waals surface area (Å²) >= 11 is 0. The van der Waals surface area contributed by atoms with Gasteiger partial charge in [0.1, 0.15) is 5.82 Å². The van der Waals surface area contributed by atoms with Crippen LogP contribution < -0.4 is 5.32 Å². The second-order valence-electron chi connectivity index (χ2n) is 5.52. The first-order chi connectivity index (χ1) is 11.5. The number of esters is 1. The zero-order valence-corrected chi connectivity index (χ0v) is 12.8. The number of rotatable bonds is 4. The van der Waals surface area contributed by atoms with Crippen LogP contribution in [0, 0.1) is 5.82 Å². The maximum Gasteiger partial charge on any atom is 0.338 e. The van der Waals surface area contributed by atoms with Crippen LogP contribution in [0.2, 0.25) is 0 Å². The predicted molar refractivity (Wildman–Crippen MR) is 84.5 cm³/mol. The van der Waals surface area contributed by atoms with Gasteiger partial charge in [0.05, 0.1) is 11.5 Å². The van der Waals surface area contributed by atoms with E-state index in [1.807, 2.05) is 0 Å². The number of nitrogens with one attached hydrogen (secondary N) is 1. The quantitative estimate of drug-likeness (QED) is 0.692. The number of hydrogen-bond donors (Lipinski definition) is 1. The highest BCUT2D eigenvalue weighted by molar-refractivity contribution is 6.05. The monoisotopic (exact) mass is 327 g/mol. The van der Waals surface area contributed by atoms with Crippen molar-refractivity contribution in [3.05, 3.63) is 65.0 Å². The number of Topliss-reactive ketones (excluding diaryl/α,β-unsaturated/α-hetero) is 1. The van der Waals surface area contributed by atoms with Crippen molar-refractivity contribution in [2.45, 2.75) is 12.8 Å². The normalized spacial score (nSPS) is 15.6. The van der Waals surface area contributed by atoms with Gasteiger partial charge in [0.25, 0.3) is 0 Å². The van der Waals surface area contributed by atoms with E-state index in [9.17, 15) is 18.8 Å². The largest absolute Gasteiger partial charge is 0.454 e. The average molecular weight is 327 g/mol.